The normalized spacial score (nSPS) is 12.0. The van der Waals surface area contributed by atoms with E-state index >= 15 is 0 Å². The third kappa shape index (κ3) is 3.49. The molecule has 0 radical (unpaired) electrons. The summed E-state index contributed by atoms with van der Waals surface area (Å²) < 4.78 is 38.6. The Kier molecular flexibility index (Phi) is 4.40. The van der Waals surface area contributed by atoms with Crippen LogP contribution in [0.5, 0.6) is 0 Å². The lowest BCUT2D eigenvalue weighted by molar-refractivity contribution is -0.137. The van der Waals surface area contributed by atoms with Crippen molar-refractivity contribution >= 4 is 34.4 Å². The Bertz CT molecular complexity index is 907. The molecule has 0 bridgehead atoms. The second-order valence-corrected chi connectivity index (χ2v) is 5.39. The van der Waals surface area contributed by atoms with Crippen molar-refractivity contribution in [2.24, 2.45) is 5.10 Å². The van der Waals surface area contributed by atoms with Crippen LogP contribution in [0.4, 0.5) is 18.9 Å². The van der Waals surface area contributed by atoms with Crippen LogP contribution in [0.2, 0.25) is 5.02 Å². The molecule has 0 fully saturated rings. The van der Waals surface area contributed by atoms with Crippen molar-refractivity contribution in [3.8, 4) is 0 Å². The number of nitrogens with zero attached hydrogens (tertiary/aromatic N) is 2. The topological polar surface area (TPSA) is 37.3 Å². The molecule has 7 heteroatoms. The minimum atomic E-state index is -4.41. The number of anilines is 1. The third-order valence-electron chi connectivity index (χ3n) is 3.36. The minimum Gasteiger partial charge on any atom is -0.278 e. The molecule has 0 saturated heterocycles. The van der Waals surface area contributed by atoms with Gasteiger partial charge in [0.05, 0.1) is 23.0 Å². The van der Waals surface area contributed by atoms with Crippen LogP contribution in [-0.2, 0) is 6.18 Å². The van der Waals surface area contributed by atoms with Crippen molar-refractivity contribution in [2.75, 3.05) is 5.43 Å². The molecule has 3 rings (SSSR count). The Balaban J connectivity index is 1.93. The maximum Gasteiger partial charge on any atom is 0.416 e. The lowest BCUT2D eigenvalue weighted by Gasteiger charge is -2.10. The van der Waals surface area contributed by atoms with Crippen molar-refractivity contribution in [3.05, 3.63) is 70.9 Å². The fraction of sp³-hybridized carbons (Fsp3) is 0.0588. The Morgan fingerprint density at radius 1 is 1.08 bits per heavy atom. The third-order valence-corrected chi connectivity index (χ3v) is 3.71. The summed E-state index contributed by atoms with van der Waals surface area (Å²) in [5, 5.41) is 4.91. The van der Waals surface area contributed by atoms with E-state index in [1.807, 2.05) is 6.07 Å². The standard InChI is InChI=1S/C17H11ClF3N3/c18-14-4-2-1-3-11(14)10-23-24-16-7-8-22-15-6-5-12(9-13(15)16)17(19,20)21/h1-10H,(H,22,24)/b23-10+. The van der Waals surface area contributed by atoms with E-state index in [2.05, 4.69) is 15.5 Å². The van der Waals surface area contributed by atoms with E-state index in [0.29, 0.717) is 27.2 Å². The van der Waals surface area contributed by atoms with Crippen LogP contribution >= 0.6 is 11.6 Å². The monoisotopic (exact) mass is 349 g/mol. The van der Waals surface area contributed by atoms with Gasteiger partial charge in [0.2, 0.25) is 0 Å². The molecule has 0 aliphatic rings. The maximum absolute atomic E-state index is 12.9. The van der Waals surface area contributed by atoms with Gasteiger partial charge in [0.1, 0.15) is 0 Å². The largest absolute Gasteiger partial charge is 0.416 e. The van der Waals surface area contributed by atoms with E-state index in [0.717, 1.165) is 12.1 Å². The first-order valence-corrected chi connectivity index (χ1v) is 7.32. The number of pyridine rings is 1. The predicted molar refractivity (Wildman–Crippen MR) is 89.4 cm³/mol. The number of hydrogen-bond donors (Lipinski definition) is 1. The number of hydrazone groups is 1. The summed E-state index contributed by atoms with van der Waals surface area (Å²) in [6.45, 7) is 0. The number of alkyl halides is 3. The summed E-state index contributed by atoms with van der Waals surface area (Å²) in [7, 11) is 0. The summed E-state index contributed by atoms with van der Waals surface area (Å²) in [4.78, 5) is 4.07. The second kappa shape index (κ2) is 6.49. The summed E-state index contributed by atoms with van der Waals surface area (Å²) in [5.41, 5.74) is 3.58. The number of rotatable bonds is 3. The van der Waals surface area contributed by atoms with Crippen LogP contribution in [0, 0.1) is 0 Å². The zero-order valence-corrected chi connectivity index (χ0v) is 12.9. The van der Waals surface area contributed by atoms with Gasteiger partial charge >= 0.3 is 6.18 Å². The summed E-state index contributed by atoms with van der Waals surface area (Å²) in [5.74, 6) is 0. The van der Waals surface area contributed by atoms with E-state index in [1.54, 1.807) is 24.3 Å². The van der Waals surface area contributed by atoms with Gasteiger partial charge in [-0.25, -0.2) is 0 Å². The number of fused-ring (bicyclic) bond motifs is 1. The first kappa shape index (κ1) is 16.3. The average molecular weight is 350 g/mol. The highest BCUT2D eigenvalue weighted by atomic mass is 35.5. The van der Waals surface area contributed by atoms with E-state index in [4.69, 9.17) is 11.6 Å². The lowest BCUT2D eigenvalue weighted by Crippen LogP contribution is -2.04. The molecule has 0 amide bonds. The SMILES string of the molecule is FC(F)(F)c1ccc2nccc(N/N=C/c3ccccc3Cl)c2c1. The molecular weight excluding hydrogens is 339 g/mol. The van der Waals surface area contributed by atoms with Crippen molar-refractivity contribution in [3.63, 3.8) is 0 Å². The number of halogens is 4. The minimum absolute atomic E-state index is 0.337. The molecule has 1 heterocycles. The van der Waals surface area contributed by atoms with E-state index in [9.17, 15) is 13.2 Å². The first-order chi connectivity index (χ1) is 11.4. The molecule has 0 atom stereocenters. The predicted octanol–water partition coefficient (Wildman–Crippen LogP) is 5.35. The fourth-order valence-corrected chi connectivity index (χ4v) is 2.36. The average Bonchev–Trinajstić information content (AvgIpc) is 2.55. The smallest absolute Gasteiger partial charge is 0.278 e. The molecule has 2 aromatic carbocycles. The van der Waals surface area contributed by atoms with Gasteiger partial charge in [-0.1, -0.05) is 29.8 Å². The van der Waals surface area contributed by atoms with Gasteiger partial charge in [-0.05, 0) is 30.3 Å². The summed E-state index contributed by atoms with van der Waals surface area (Å²) in [6.07, 6.45) is -1.41. The van der Waals surface area contributed by atoms with Crippen molar-refractivity contribution < 1.29 is 13.2 Å². The molecule has 0 aliphatic heterocycles. The summed E-state index contributed by atoms with van der Waals surface area (Å²) in [6, 6.07) is 12.1. The van der Waals surface area contributed by atoms with Gasteiger partial charge in [0, 0.05) is 22.2 Å². The summed E-state index contributed by atoms with van der Waals surface area (Å²) >= 11 is 6.02. The van der Waals surface area contributed by atoms with Crippen LogP contribution in [0.15, 0.2) is 59.8 Å². The molecule has 3 nitrogen and oxygen atoms in total. The Hall–Kier alpha value is -2.60. The number of nitrogens with one attached hydrogen (secondary N) is 1. The molecule has 0 unspecified atom stereocenters. The number of benzene rings is 2. The van der Waals surface area contributed by atoms with Gasteiger partial charge < -0.3 is 0 Å². The van der Waals surface area contributed by atoms with E-state index in [-0.39, 0.29) is 0 Å². The zero-order valence-electron chi connectivity index (χ0n) is 12.2. The molecule has 3 aromatic rings. The molecule has 122 valence electrons. The highest BCUT2D eigenvalue weighted by molar-refractivity contribution is 6.33. The van der Waals surface area contributed by atoms with Crippen LogP contribution < -0.4 is 5.43 Å². The van der Waals surface area contributed by atoms with Crippen molar-refractivity contribution in [1.29, 1.82) is 0 Å². The van der Waals surface area contributed by atoms with Crippen LogP contribution in [-0.4, -0.2) is 11.2 Å². The van der Waals surface area contributed by atoms with Gasteiger partial charge in [0.25, 0.3) is 0 Å². The molecular formula is C17H11ClF3N3. The first-order valence-electron chi connectivity index (χ1n) is 6.95. The van der Waals surface area contributed by atoms with Crippen LogP contribution in [0.3, 0.4) is 0 Å². The van der Waals surface area contributed by atoms with Crippen LogP contribution in [0.1, 0.15) is 11.1 Å². The zero-order chi connectivity index (χ0) is 17.2. The molecule has 1 N–H and O–H groups in total. The van der Waals surface area contributed by atoms with Gasteiger partial charge in [-0.2, -0.15) is 18.3 Å². The highest BCUT2D eigenvalue weighted by Gasteiger charge is 2.30. The van der Waals surface area contributed by atoms with Gasteiger partial charge in [-0.15, -0.1) is 0 Å². The van der Waals surface area contributed by atoms with Gasteiger partial charge in [0.15, 0.2) is 0 Å². The fourth-order valence-electron chi connectivity index (χ4n) is 2.17. The Labute approximate surface area is 140 Å². The Morgan fingerprint density at radius 3 is 2.62 bits per heavy atom. The lowest BCUT2D eigenvalue weighted by atomic mass is 10.1. The van der Waals surface area contributed by atoms with E-state index < -0.39 is 11.7 Å². The number of aromatic nitrogens is 1. The van der Waals surface area contributed by atoms with Gasteiger partial charge in [-0.3, -0.25) is 10.4 Å². The molecule has 0 spiro atoms. The molecule has 1 aromatic heterocycles. The second-order valence-electron chi connectivity index (χ2n) is 4.98. The highest BCUT2D eigenvalue weighted by Crippen LogP contribution is 2.33. The molecule has 24 heavy (non-hydrogen) atoms. The maximum atomic E-state index is 12.9. The van der Waals surface area contributed by atoms with Crippen molar-refractivity contribution in [1.82, 2.24) is 4.98 Å². The van der Waals surface area contributed by atoms with Crippen LogP contribution in [0.25, 0.3) is 10.9 Å². The Morgan fingerprint density at radius 2 is 1.88 bits per heavy atom. The molecule has 0 saturated carbocycles. The van der Waals surface area contributed by atoms with Crippen molar-refractivity contribution in [2.45, 2.75) is 6.18 Å². The quantitative estimate of drug-likeness (QED) is 0.511. The molecule has 0 aliphatic carbocycles. The van der Waals surface area contributed by atoms with E-state index in [1.165, 1.54) is 18.5 Å². The number of hydrogen-bond acceptors (Lipinski definition) is 3.